The van der Waals surface area contributed by atoms with Gasteiger partial charge in [-0.15, -0.1) is 0 Å². The van der Waals surface area contributed by atoms with Crippen LogP contribution in [0.2, 0.25) is 0 Å². The van der Waals surface area contributed by atoms with Gasteiger partial charge in [-0.2, -0.15) is 0 Å². The normalized spacial score (nSPS) is 22.3. The number of nitrogens with one attached hydrogen (secondary N) is 2. The van der Waals surface area contributed by atoms with Crippen molar-refractivity contribution < 1.29 is 15.0 Å². The molecular formula is C21H27N5O3. The summed E-state index contributed by atoms with van der Waals surface area (Å²) in [4.78, 5) is 22.7. The highest BCUT2D eigenvalue weighted by Gasteiger charge is 2.27. The molecule has 1 unspecified atom stereocenters. The number of hydrogen-bond donors (Lipinski definition) is 4. The zero-order valence-corrected chi connectivity index (χ0v) is 16.3. The van der Waals surface area contributed by atoms with E-state index in [0.29, 0.717) is 25.2 Å². The molecule has 2 aromatic rings. The predicted octanol–water partition coefficient (Wildman–Crippen LogP) is 0.561. The minimum Gasteiger partial charge on any atom is -0.393 e. The summed E-state index contributed by atoms with van der Waals surface area (Å²) in [5.41, 5.74) is 2.92. The summed E-state index contributed by atoms with van der Waals surface area (Å²) in [7, 11) is 0. The maximum Gasteiger partial charge on any atom is 0.270 e. The number of aromatic nitrogens is 2. The highest BCUT2D eigenvalue weighted by Crippen LogP contribution is 2.23. The standard InChI is InChI=1S/C21H27N5O3/c27-17-7-16(8-17)25-20-9-19(23-13-24-20)21(29)22-10-18(28)12-26-6-5-14-3-1-2-4-15(14)11-26/h1-4,9,13,16-18,27-28H,5-8,10-12H2,(H,22,29)(H,23,24,25)/t16-,17+,18?. The van der Waals surface area contributed by atoms with Gasteiger partial charge in [0.1, 0.15) is 17.8 Å². The van der Waals surface area contributed by atoms with Crippen molar-refractivity contribution in [1.29, 1.82) is 0 Å². The lowest BCUT2D eigenvalue weighted by molar-refractivity contribution is 0.0829. The van der Waals surface area contributed by atoms with Crippen LogP contribution in [0.3, 0.4) is 0 Å². The molecular weight excluding hydrogens is 370 g/mol. The number of rotatable bonds is 7. The van der Waals surface area contributed by atoms with E-state index in [1.54, 1.807) is 6.07 Å². The quantitative estimate of drug-likeness (QED) is 0.540. The number of aliphatic hydroxyl groups is 2. The fraction of sp³-hybridized carbons (Fsp3) is 0.476. The van der Waals surface area contributed by atoms with Gasteiger partial charge in [-0.1, -0.05) is 24.3 Å². The number of benzene rings is 1. The second kappa shape index (κ2) is 8.86. The molecule has 2 heterocycles. The topological polar surface area (TPSA) is 111 Å². The van der Waals surface area contributed by atoms with Crippen LogP contribution in [-0.4, -0.2) is 68.9 Å². The van der Waals surface area contributed by atoms with Crippen LogP contribution in [0, 0.1) is 0 Å². The Hall–Kier alpha value is -2.55. The molecule has 1 amide bonds. The van der Waals surface area contributed by atoms with Crippen LogP contribution in [0.4, 0.5) is 5.82 Å². The molecule has 154 valence electrons. The maximum absolute atomic E-state index is 12.4. The predicted molar refractivity (Wildman–Crippen MR) is 108 cm³/mol. The van der Waals surface area contributed by atoms with Gasteiger partial charge in [-0.3, -0.25) is 9.69 Å². The van der Waals surface area contributed by atoms with Gasteiger partial charge in [0.05, 0.1) is 12.2 Å². The van der Waals surface area contributed by atoms with E-state index in [1.165, 1.54) is 17.5 Å². The molecule has 1 atom stereocenters. The largest absolute Gasteiger partial charge is 0.393 e. The van der Waals surface area contributed by atoms with Crippen LogP contribution in [0.1, 0.15) is 34.5 Å². The van der Waals surface area contributed by atoms with Crippen molar-refractivity contribution in [3.63, 3.8) is 0 Å². The lowest BCUT2D eigenvalue weighted by Gasteiger charge is -2.32. The van der Waals surface area contributed by atoms with Crippen LogP contribution in [0.25, 0.3) is 0 Å². The summed E-state index contributed by atoms with van der Waals surface area (Å²) in [6.07, 6.45) is 2.77. The van der Waals surface area contributed by atoms with E-state index >= 15 is 0 Å². The molecule has 2 aliphatic rings. The van der Waals surface area contributed by atoms with Crippen molar-refractivity contribution in [2.24, 2.45) is 0 Å². The van der Waals surface area contributed by atoms with Gasteiger partial charge in [-0.25, -0.2) is 9.97 Å². The third-order valence-corrected chi connectivity index (χ3v) is 5.54. The van der Waals surface area contributed by atoms with Crippen LogP contribution >= 0.6 is 0 Å². The lowest BCUT2D eigenvalue weighted by Crippen LogP contribution is -2.42. The minimum atomic E-state index is -0.653. The molecule has 4 N–H and O–H groups in total. The third-order valence-electron chi connectivity index (χ3n) is 5.54. The number of carbonyl (C=O) groups excluding carboxylic acids is 1. The van der Waals surface area contributed by atoms with E-state index in [-0.39, 0.29) is 30.3 Å². The Morgan fingerprint density at radius 1 is 1.24 bits per heavy atom. The van der Waals surface area contributed by atoms with Crippen LogP contribution in [-0.2, 0) is 13.0 Å². The van der Waals surface area contributed by atoms with Crippen LogP contribution in [0.15, 0.2) is 36.7 Å². The molecule has 0 radical (unpaired) electrons. The minimum absolute atomic E-state index is 0.165. The molecule has 0 spiro atoms. The fourth-order valence-electron chi connectivity index (χ4n) is 3.85. The van der Waals surface area contributed by atoms with E-state index in [2.05, 4.69) is 43.7 Å². The first-order chi connectivity index (χ1) is 14.1. The average Bonchev–Trinajstić information content (AvgIpc) is 2.71. The van der Waals surface area contributed by atoms with Crippen LogP contribution in [0.5, 0.6) is 0 Å². The summed E-state index contributed by atoms with van der Waals surface area (Å²) in [5, 5.41) is 25.7. The van der Waals surface area contributed by atoms with Gasteiger partial charge in [0.25, 0.3) is 5.91 Å². The molecule has 0 bridgehead atoms. The zero-order chi connectivity index (χ0) is 20.2. The number of anilines is 1. The number of aliphatic hydroxyl groups excluding tert-OH is 2. The van der Waals surface area contributed by atoms with Crippen molar-refractivity contribution in [2.75, 3.05) is 25.0 Å². The second-order valence-corrected chi connectivity index (χ2v) is 7.87. The Morgan fingerprint density at radius 2 is 2.03 bits per heavy atom. The number of β-amino-alcohol motifs (C(OH)–C–C–N with tert-alkyl or cyclic N) is 1. The van der Waals surface area contributed by atoms with Gasteiger partial charge in [0.15, 0.2) is 0 Å². The van der Waals surface area contributed by atoms with E-state index < -0.39 is 6.10 Å². The molecule has 1 aromatic heterocycles. The first-order valence-electron chi connectivity index (χ1n) is 10.1. The molecule has 0 saturated heterocycles. The summed E-state index contributed by atoms with van der Waals surface area (Å²) >= 11 is 0. The van der Waals surface area contributed by atoms with E-state index in [0.717, 1.165) is 19.5 Å². The number of hydrogen-bond acceptors (Lipinski definition) is 7. The molecule has 1 saturated carbocycles. The molecule has 29 heavy (non-hydrogen) atoms. The van der Waals surface area contributed by atoms with Gasteiger partial charge in [0, 0.05) is 38.3 Å². The van der Waals surface area contributed by atoms with Gasteiger partial charge < -0.3 is 20.8 Å². The molecule has 4 rings (SSSR count). The van der Waals surface area contributed by atoms with E-state index in [4.69, 9.17) is 0 Å². The second-order valence-electron chi connectivity index (χ2n) is 7.87. The highest BCUT2D eigenvalue weighted by atomic mass is 16.3. The maximum atomic E-state index is 12.4. The Kier molecular flexibility index (Phi) is 6.03. The smallest absolute Gasteiger partial charge is 0.270 e. The summed E-state index contributed by atoms with van der Waals surface area (Å²) in [5.74, 6) is 0.224. The Balaban J connectivity index is 1.24. The van der Waals surface area contributed by atoms with Crippen molar-refractivity contribution in [3.8, 4) is 0 Å². The van der Waals surface area contributed by atoms with Crippen molar-refractivity contribution in [3.05, 3.63) is 53.5 Å². The zero-order valence-electron chi connectivity index (χ0n) is 16.3. The Bertz CT molecular complexity index is 856. The monoisotopic (exact) mass is 397 g/mol. The van der Waals surface area contributed by atoms with Crippen molar-refractivity contribution in [2.45, 2.75) is 44.1 Å². The SMILES string of the molecule is O=C(NCC(O)CN1CCc2ccccc2C1)c1cc(N[C@H]2C[C@@H](O)C2)ncn1. The van der Waals surface area contributed by atoms with E-state index in [9.17, 15) is 15.0 Å². The number of fused-ring (bicyclic) bond motifs is 1. The highest BCUT2D eigenvalue weighted by molar-refractivity contribution is 5.92. The van der Waals surface area contributed by atoms with Crippen molar-refractivity contribution >= 4 is 11.7 Å². The van der Waals surface area contributed by atoms with Gasteiger partial charge >= 0.3 is 0 Å². The molecule has 8 nitrogen and oxygen atoms in total. The Labute approximate surface area is 170 Å². The summed E-state index contributed by atoms with van der Waals surface area (Å²) in [6, 6.07) is 10.1. The molecule has 1 aliphatic heterocycles. The first-order valence-corrected chi connectivity index (χ1v) is 10.1. The van der Waals surface area contributed by atoms with Crippen molar-refractivity contribution in [1.82, 2.24) is 20.2 Å². The third kappa shape index (κ3) is 5.09. The lowest BCUT2D eigenvalue weighted by atomic mass is 9.89. The summed E-state index contributed by atoms with van der Waals surface area (Å²) < 4.78 is 0. The van der Waals surface area contributed by atoms with Crippen LogP contribution < -0.4 is 10.6 Å². The number of nitrogens with zero attached hydrogens (tertiary/aromatic N) is 3. The fourth-order valence-corrected chi connectivity index (χ4v) is 3.85. The average molecular weight is 397 g/mol. The molecule has 8 heteroatoms. The number of amides is 1. The van der Waals surface area contributed by atoms with Gasteiger partial charge in [-0.05, 0) is 30.4 Å². The molecule has 1 aliphatic carbocycles. The number of carbonyl (C=O) groups is 1. The molecule has 1 fully saturated rings. The molecule has 1 aromatic carbocycles. The Morgan fingerprint density at radius 3 is 2.83 bits per heavy atom. The van der Waals surface area contributed by atoms with Gasteiger partial charge in [0.2, 0.25) is 0 Å². The summed E-state index contributed by atoms with van der Waals surface area (Å²) in [6.45, 7) is 2.39. The van der Waals surface area contributed by atoms with E-state index in [1.807, 2.05) is 6.07 Å². The first kappa shape index (κ1) is 19.8.